The van der Waals surface area contributed by atoms with Crippen LogP contribution < -0.4 is 15.5 Å². The van der Waals surface area contributed by atoms with Crippen LogP contribution >= 0.6 is 11.6 Å². The zero-order valence-corrected chi connectivity index (χ0v) is 18.1. The van der Waals surface area contributed by atoms with Gasteiger partial charge in [-0.1, -0.05) is 11.6 Å². The summed E-state index contributed by atoms with van der Waals surface area (Å²) in [5, 5.41) is 7.01. The Morgan fingerprint density at radius 3 is 2.48 bits per heavy atom. The fourth-order valence-corrected chi connectivity index (χ4v) is 3.11. The van der Waals surface area contributed by atoms with Gasteiger partial charge >= 0.3 is 0 Å². The van der Waals surface area contributed by atoms with E-state index in [1.807, 2.05) is 29.2 Å². The number of amides is 1. The van der Waals surface area contributed by atoms with Gasteiger partial charge in [-0.3, -0.25) is 9.79 Å². The predicted molar refractivity (Wildman–Crippen MR) is 117 cm³/mol. The molecule has 1 aromatic carbocycles. The summed E-state index contributed by atoms with van der Waals surface area (Å²) in [6, 6.07) is 7.81. The van der Waals surface area contributed by atoms with E-state index >= 15 is 0 Å². The molecule has 1 aliphatic rings. The Hall–Kier alpha value is -2.03. The van der Waals surface area contributed by atoms with E-state index in [9.17, 15) is 4.79 Å². The van der Waals surface area contributed by atoms with Crippen molar-refractivity contribution in [2.24, 2.45) is 4.99 Å². The minimum absolute atomic E-state index is 0.0756. The first-order chi connectivity index (χ1) is 14.1. The van der Waals surface area contributed by atoms with Crippen LogP contribution in [0.1, 0.15) is 6.42 Å². The van der Waals surface area contributed by atoms with E-state index in [0.717, 1.165) is 36.8 Å². The minimum Gasteiger partial charge on any atom is -0.382 e. The van der Waals surface area contributed by atoms with Crippen molar-refractivity contribution >= 4 is 29.2 Å². The molecule has 1 fully saturated rings. The van der Waals surface area contributed by atoms with Crippen molar-refractivity contribution in [2.45, 2.75) is 6.42 Å². The number of hydrogen-bond acceptors (Lipinski definition) is 5. The van der Waals surface area contributed by atoms with Gasteiger partial charge in [-0.15, -0.1) is 0 Å². The Labute approximate surface area is 178 Å². The number of rotatable bonds is 10. The summed E-state index contributed by atoms with van der Waals surface area (Å²) in [7, 11) is 3.35. The number of halogens is 1. The molecule has 9 heteroatoms. The van der Waals surface area contributed by atoms with E-state index in [-0.39, 0.29) is 12.5 Å². The van der Waals surface area contributed by atoms with Crippen molar-refractivity contribution < 1.29 is 14.3 Å². The van der Waals surface area contributed by atoms with E-state index in [4.69, 9.17) is 21.1 Å². The highest BCUT2D eigenvalue weighted by atomic mass is 35.5. The number of guanidine groups is 1. The molecule has 0 unspecified atom stereocenters. The molecule has 8 nitrogen and oxygen atoms in total. The quantitative estimate of drug-likeness (QED) is 0.333. The Kier molecular flexibility index (Phi) is 10.6. The Morgan fingerprint density at radius 1 is 1.10 bits per heavy atom. The molecular weight excluding hydrogens is 394 g/mol. The van der Waals surface area contributed by atoms with Crippen molar-refractivity contribution in [3.8, 4) is 0 Å². The van der Waals surface area contributed by atoms with E-state index < -0.39 is 0 Å². The van der Waals surface area contributed by atoms with Gasteiger partial charge < -0.3 is 29.9 Å². The monoisotopic (exact) mass is 425 g/mol. The third-order valence-corrected chi connectivity index (χ3v) is 4.90. The summed E-state index contributed by atoms with van der Waals surface area (Å²) >= 11 is 5.95. The molecule has 1 saturated heterocycles. The lowest BCUT2D eigenvalue weighted by Gasteiger charge is -2.36. The van der Waals surface area contributed by atoms with Gasteiger partial charge in [0.2, 0.25) is 5.91 Å². The van der Waals surface area contributed by atoms with Crippen molar-refractivity contribution in [3.63, 3.8) is 0 Å². The highest BCUT2D eigenvalue weighted by molar-refractivity contribution is 6.30. The van der Waals surface area contributed by atoms with Gasteiger partial charge in [0.1, 0.15) is 0 Å². The molecule has 1 aliphatic heterocycles. The Morgan fingerprint density at radius 2 is 1.83 bits per heavy atom. The summed E-state index contributed by atoms with van der Waals surface area (Å²) in [4.78, 5) is 20.8. The molecule has 0 atom stereocenters. The lowest BCUT2D eigenvalue weighted by Crippen LogP contribution is -2.52. The second kappa shape index (κ2) is 13.2. The number of nitrogens with zero attached hydrogens (tertiary/aromatic N) is 3. The van der Waals surface area contributed by atoms with Crippen LogP contribution in [0.2, 0.25) is 5.02 Å². The van der Waals surface area contributed by atoms with Crippen molar-refractivity contribution in [1.29, 1.82) is 0 Å². The summed E-state index contributed by atoms with van der Waals surface area (Å²) in [6.07, 6.45) is 0.852. The maximum atomic E-state index is 12.5. The number of benzene rings is 1. The lowest BCUT2D eigenvalue weighted by atomic mass is 10.2. The van der Waals surface area contributed by atoms with Gasteiger partial charge in [-0.25, -0.2) is 0 Å². The van der Waals surface area contributed by atoms with E-state index in [1.54, 1.807) is 14.2 Å². The van der Waals surface area contributed by atoms with Gasteiger partial charge in [0.05, 0.1) is 19.8 Å². The molecule has 1 aromatic rings. The first-order valence-electron chi connectivity index (χ1n) is 9.93. The average molecular weight is 426 g/mol. The maximum absolute atomic E-state index is 12.5. The fourth-order valence-electron chi connectivity index (χ4n) is 2.98. The molecule has 0 spiro atoms. The van der Waals surface area contributed by atoms with Crippen LogP contribution in [0.4, 0.5) is 5.69 Å². The Balaban J connectivity index is 1.62. The zero-order chi connectivity index (χ0) is 20.9. The van der Waals surface area contributed by atoms with Crippen LogP contribution in [0.5, 0.6) is 0 Å². The van der Waals surface area contributed by atoms with Crippen LogP contribution in [0.15, 0.2) is 29.3 Å². The first kappa shape index (κ1) is 23.3. The Bertz CT molecular complexity index is 634. The second-order valence-corrected chi connectivity index (χ2v) is 7.09. The van der Waals surface area contributed by atoms with Gasteiger partial charge in [0.15, 0.2) is 5.96 Å². The molecule has 2 N–H and O–H groups in total. The summed E-state index contributed by atoms with van der Waals surface area (Å²) < 4.78 is 10.3. The fraction of sp³-hybridized carbons (Fsp3) is 0.600. The standard InChI is InChI=1S/C20H32ClN5O3/c1-22-20(23-8-3-13-29-15-14-28-2)24-16-19(27)26-11-9-25(10-12-26)18-6-4-17(21)5-7-18/h4-7H,3,8-16H2,1-2H3,(H2,22,23,24). The molecule has 0 radical (unpaired) electrons. The van der Waals surface area contributed by atoms with Crippen molar-refractivity contribution in [1.82, 2.24) is 15.5 Å². The van der Waals surface area contributed by atoms with E-state index in [1.165, 1.54) is 0 Å². The first-order valence-corrected chi connectivity index (χ1v) is 10.3. The van der Waals surface area contributed by atoms with Crippen molar-refractivity contribution in [2.75, 3.05) is 78.1 Å². The number of methoxy groups -OCH3 is 1. The average Bonchev–Trinajstić information content (AvgIpc) is 2.75. The third-order valence-electron chi connectivity index (χ3n) is 4.64. The molecule has 29 heavy (non-hydrogen) atoms. The molecule has 1 heterocycles. The lowest BCUT2D eigenvalue weighted by molar-refractivity contribution is -0.130. The van der Waals surface area contributed by atoms with Crippen LogP contribution in [0.25, 0.3) is 0 Å². The van der Waals surface area contributed by atoms with Gasteiger partial charge in [0, 0.05) is 64.2 Å². The molecule has 0 saturated carbocycles. The van der Waals surface area contributed by atoms with Crippen LogP contribution in [-0.2, 0) is 14.3 Å². The van der Waals surface area contributed by atoms with E-state index in [2.05, 4.69) is 20.5 Å². The number of carbonyl (C=O) groups excluding carboxylic acids is 1. The second-order valence-electron chi connectivity index (χ2n) is 6.66. The van der Waals surface area contributed by atoms with Gasteiger partial charge in [-0.05, 0) is 30.7 Å². The van der Waals surface area contributed by atoms with E-state index in [0.29, 0.717) is 38.9 Å². The number of carbonyl (C=O) groups is 1. The summed E-state index contributed by atoms with van der Waals surface area (Å²) in [5.41, 5.74) is 1.13. The molecule has 0 bridgehead atoms. The minimum atomic E-state index is 0.0756. The molecule has 162 valence electrons. The highest BCUT2D eigenvalue weighted by Gasteiger charge is 2.21. The van der Waals surface area contributed by atoms with Crippen molar-refractivity contribution in [3.05, 3.63) is 29.3 Å². The topological polar surface area (TPSA) is 78.4 Å². The largest absolute Gasteiger partial charge is 0.382 e. The molecular formula is C20H32ClN5O3. The normalized spacial score (nSPS) is 14.8. The van der Waals surface area contributed by atoms with Gasteiger partial charge in [0.25, 0.3) is 0 Å². The molecule has 0 aromatic heterocycles. The molecule has 0 aliphatic carbocycles. The highest BCUT2D eigenvalue weighted by Crippen LogP contribution is 2.19. The number of piperazine rings is 1. The number of nitrogens with one attached hydrogen (secondary N) is 2. The number of hydrogen-bond donors (Lipinski definition) is 2. The summed E-state index contributed by atoms with van der Waals surface area (Å²) in [5.74, 6) is 0.696. The molecule has 1 amide bonds. The van der Waals surface area contributed by atoms with Crippen LogP contribution in [0, 0.1) is 0 Å². The van der Waals surface area contributed by atoms with Gasteiger partial charge in [-0.2, -0.15) is 0 Å². The van der Waals surface area contributed by atoms with Crippen LogP contribution in [-0.4, -0.2) is 90.0 Å². The number of anilines is 1. The SMILES string of the molecule is CN=C(NCCCOCCOC)NCC(=O)N1CCN(c2ccc(Cl)cc2)CC1. The number of aliphatic imine (C=N–C) groups is 1. The van der Waals surface area contributed by atoms with Crippen LogP contribution in [0.3, 0.4) is 0 Å². The smallest absolute Gasteiger partial charge is 0.242 e. The zero-order valence-electron chi connectivity index (χ0n) is 17.3. The number of ether oxygens (including phenoxy) is 2. The maximum Gasteiger partial charge on any atom is 0.242 e. The molecule has 2 rings (SSSR count). The predicted octanol–water partition coefficient (Wildman–Crippen LogP) is 1.21. The summed E-state index contributed by atoms with van der Waals surface area (Å²) in [6.45, 7) is 5.83. The third kappa shape index (κ3) is 8.47.